The Balaban J connectivity index is 2.02. The Bertz CT molecular complexity index is 775. The molecule has 0 unspecified atom stereocenters. The average molecular weight is 428 g/mol. The van der Waals surface area contributed by atoms with E-state index in [4.69, 9.17) is 4.42 Å². The lowest BCUT2D eigenvalue weighted by atomic mass is 10.1. The molecule has 1 aromatic rings. The lowest BCUT2D eigenvalue weighted by Crippen LogP contribution is -2.42. The molecule has 1 amide bonds. The van der Waals surface area contributed by atoms with Crippen LogP contribution in [0.25, 0.3) is 0 Å². The van der Waals surface area contributed by atoms with Gasteiger partial charge >= 0.3 is 0 Å². The largest absolute Gasteiger partial charge is 0.446 e. The maximum Gasteiger partial charge on any atom is 0.241 e. The monoisotopic (exact) mass is 427 g/mol. The minimum Gasteiger partial charge on any atom is -0.446 e. The Hall–Kier alpha value is -2.14. The summed E-state index contributed by atoms with van der Waals surface area (Å²) < 4.78 is 5.63. The normalized spacial score (nSPS) is 18.3. The van der Waals surface area contributed by atoms with Crippen molar-refractivity contribution < 1.29 is 9.21 Å². The van der Waals surface area contributed by atoms with Crippen molar-refractivity contribution in [2.75, 3.05) is 19.6 Å². The molecule has 0 bridgehead atoms. The molecule has 1 fully saturated rings. The fourth-order valence-corrected chi connectivity index (χ4v) is 3.98. The Morgan fingerprint density at radius 2 is 2.19 bits per heavy atom. The maximum absolute atomic E-state index is 13.3. The van der Waals surface area contributed by atoms with Gasteiger partial charge in [-0.3, -0.25) is 9.69 Å². The minimum atomic E-state index is 0.196. The van der Waals surface area contributed by atoms with Gasteiger partial charge in [0.25, 0.3) is 0 Å². The van der Waals surface area contributed by atoms with Crippen molar-refractivity contribution >= 4 is 5.91 Å². The molecule has 1 saturated heterocycles. The summed E-state index contributed by atoms with van der Waals surface area (Å²) in [5.74, 6) is 1.86. The van der Waals surface area contributed by atoms with Crippen molar-refractivity contribution in [1.29, 1.82) is 0 Å². The first-order chi connectivity index (χ1) is 15.0. The zero-order valence-electron chi connectivity index (χ0n) is 20.2. The molecule has 1 aliphatic rings. The fourth-order valence-electron chi connectivity index (χ4n) is 3.98. The van der Waals surface area contributed by atoms with Crippen molar-refractivity contribution in [3.63, 3.8) is 0 Å². The van der Waals surface area contributed by atoms with Crippen molar-refractivity contribution in [3.05, 3.63) is 53.4 Å². The van der Waals surface area contributed by atoms with E-state index in [1.807, 2.05) is 24.8 Å². The molecule has 31 heavy (non-hydrogen) atoms. The number of nitrogens with zero attached hydrogens (tertiary/aromatic N) is 3. The van der Waals surface area contributed by atoms with E-state index in [-0.39, 0.29) is 5.91 Å². The summed E-state index contributed by atoms with van der Waals surface area (Å²) in [6, 6.07) is 0.420. The van der Waals surface area contributed by atoms with E-state index in [1.54, 1.807) is 6.20 Å². The number of carbonyl (C=O) groups excluding carboxylic acids is 1. The fraction of sp³-hybridized carbons (Fsp3) is 0.615. The van der Waals surface area contributed by atoms with E-state index in [1.165, 1.54) is 5.57 Å². The van der Waals surface area contributed by atoms with E-state index in [0.717, 1.165) is 75.4 Å². The summed E-state index contributed by atoms with van der Waals surface area (Å²) in [5, 5.41) is 0. The molecule has 0 spiro atoms. The number of oxazole rings is 1. The molecule has 5 nitrogen and oxygen atoms in total. The highest BCUT2D eigenvalue weighted by Gasteiger charge is 2.28. The van der Waals surface area contributed by atoms with E-state index in [9.17, 15) is 4.79 Å². The quantitative estimate of drug-likeness (QED) is 0.394. The van der Waals surface area contributed by atoms with Gasteiger partial charge in [-0.05, 0) is 65.5 Å². The maximum atomic E-state index is 13.3. The molecule has 5 heteroatoms. The van der Waals surface area contributed by atoms with Crippen molar-refractivity contribution in [2.24, 2.45) is 0 Å². The first-order valence-corrected chi connectivity index (χ1v) is 11.9. The second-order valence-corrected chi connectivity index (χ2v) is 8.51. The van der Waals surface area contributed by atoms with Gasteiger partial charge in [0.2, 0.25) is 5.91 Å². The number of aryl methyl sites for hydroxylation is 2. The zero-order valence-corrected chi connectivity index (χ0v) is 20.2. The van der Waals surface area contributed by atoms with Gasteiger partial charge in [-0.25, -0.2) is 4.98 Å². The Kier molecular flexibility index (Phi) is 10.8. The van der Waals surface area contributed by atoms with Gasteiger partial charge < -0.3 is 9.32 Å². The third-order valence-electron chi connectivity index (χ3n) is 6.05. The van der Waals surface area contributed by atoms with Gasteiger partial charge in [0.15, 0.2) is 5.89 Å². The van der Waals surface area contributed by atoms with E-state index >= 15 is 0 Å². The van der Waals surface area contributed by atoms with E-state index in [0.29, 0.717) is 12.6 Å². The first-order valence-electron chi connectivity index (χ1n) is 11.9. The van der Waals surface area contributed by atoms with Crippen molar-refractivity contribution in [3.8, 4) is 0 Å². The van der Waals surface area contributed by atoms with Crippen LogP contribution in [-0.4, -0.2) is 46.4 Å². The molecule has 1 aromatic heterocycles. The smallest absolute Gasteiger partial charge is 0.241 e. The second-order valence-electron chi connectivity index (χ2n) is 8.51. The number of allylic oxidation sites excluding steroid dienone is 5. The molecule has 1 atom stereocenters. The summed E-state index contributed by atoms with van der Waals surface area (Å²) in [6.45, 7) is 12.6. The molecule has 172 valence electrons. The number of carbonyl (C=O) groups is 1. The first kappa shape index (κ1) is 25.1. The van der Waals surface area contributed by atoms with Gasteiger partial charge in [-0.2, -0.15) is 0 Å². The highest BCUT2D eigenvalue weighted by Crippen LogP contribution is 2.22. The van der Waals surface area contributed by atoms with Gasteiger partial charge in [-0.1, -0.05) is 44.1 Å². The predicted octanol–water partition coefficient (Wildman–Crippen LogP) is 5.83. The van der Waals surface area contributed by atoms with Crippen LogP contribution in [0.15, 0.2) is 46.2 Å². The standard InChI is InChI=1S/C26H41N3O2/c1-6-9-18-29(23(8-3)13-10-12-21(4)7-2)26(30)20-28-17-11-14-24(28)15-16-25-27-19-22(5)31-25/h8,10,12-13,19,24H,6-7,9,11,14-18,20H2,1-5H3/b13-10-,21-12+,23-8+/t24-/m1/s1. The Morgan fingerprint density at radius 1 is 1.39 bits per heavy atom. The molecule has 1 aliphatic heterocycles. The van der Waals surface area contributed by atoms with Crippen LogP contribution in [0.3, 0.4) is 0 Å². The summed E-state index contributed by atoms with van der Waals surface area (Å²) in [4.78, 5) is 22.0. The van der Waals surface area contributed by atoms with Crippen LogP contribution in [0.1, 0.15) is 77.9 Å². The number of likely N-dealkylation sites (tertiary alicyclic amines) is 1. The van der Waals surface area contributed by atoms with Crippen LogP contribution in [0.5, 0.6) is 0 Å². The molecule has 0 radical (unpaired) electrons. The van der Waals surface area contributed by atoms with Crippen LogP contribution in [-0.2, 0) is 11.2 Å². The summed E-state index contributed by atoms with van der Waals surface area (Å²) >= 11 is 0. The number of hydrogen-bond donors (Lipinski definition) is 0. The molecular weight excluding hydrogens is 386 g/mol. The molecule has 2 heterocycles. The third-order valence-corrected chi connectivity index (χ3v) is 6.05. The van der Waals surface area contributed by atoms with E-state index in [2.05, 4.69) is 48.9 Å². The Morgan fingerprint density at radius 3 is 2.84 bits per heavy atom. The van der Waals surface area contributed by atoms with Gasteiger partial charge in [0.1, 0.15) is 5.76 Å². The summed E-state index contributed by atoms with van der Waals surface area (Å²) in [5.41, 5.74) is 2.32. The topological polar surface area (TPSA) is 49.6 Å². The predicted molar refractivity (Wildman–Crippen MR) is 128 cm³/mol. The van der Waals surface area contributed by atoms with Gasteiger partial charge in [-0.15, -0.1) is 0 Å². The molecule has 0 aromatic carbocycles. The van der Waals surface area contributed by atoms with Crippen molar-refractivity contribution in [2.45, 2.75) is 85.6 Å². The third kappa shape index (κ3) is 8.13. The van der Waals surface area contributed by atoms with Crippen LogP contribution >= 0.6 is 0 Å². The lowest BCUT2D eigenvalue weighted by Gasteiger charge is -2.29. The van der Waals surface area contributed by atoms with Crippen LogP contribution in [0.2, 0.25) is 0 Å². The number of amides is 1. The van der Waals surface area contributed by atoms with Crippen molar-refractivity contribution in [1.82, 2.24) is 14.8 Å². The van der Waals surface area contributed by atoms with Crippen LogP contribution in [0.4, 0.5) is 0 Å². The Labute approximate surface area is 188 Å². The molecule has 0 N–H and O–H groups in total. The number of aromatic nitrogens is 1. The average Bonchev–Trinajstić information content (AvgIpc) is 3.39. The molecule has 0 aliphatic carbocycles. The second kappa shape index (κ2) is 13.3. The highest BCUT2D eigenvalue weighted by molar-refractivity contribution is 5.80. The zero-order chi connectivity index (χ0) is 22.6. The molecule has 2 rings (SSSR count). The lowest BCUT2D eigenvalue weighted by molar-refractivity contribution is -0.130. The summed E-state index contributed by atoms with van der Waals surface area (Å²) in [7, 11) is 0. The number of rotatable bonds is 12. The number of hydrogen-bond acceptors (Lipinski definition) is 4. The van der Waals surface area contributed by atoms with E-state index < -0.39 is 0 Å². The minimum absolute atomic E-state index is 0.196. The van der Waals surface area contributed by atoms with Crippen LogP contribution < -0.4 is 0 Å². The molecule has 0 saturated carbocycles. The SMILES string of the molecule is C\C=C(/C=C\C=C(/C)CC)N(CCCC)C(=O)CN1CCC[C@@H]1CCc1ncc(C)o1. The van der Waals surface area contributed by atoms with Gasteiger partial charge in [0, 0.05) is 24.7 Å². The summed E-state index contributed by atoms with van der Waals surface area (Å²) in [6.07, 6.45) is 17.3. The van der Waals surface area contributed by atoms with Crippen LogP contribution in [0, 0.1) is 6.92 Å². The highest BCUT2D eigenvalue weighted by atomic mass is 16.4. The van der Waals surface area contributed by atoms with Gasteiger partial charge in [0.05, 0.1) is 12.7 Å². The number of unbranched alkanes of at least 4 members (excludes halogenated alkanes) is 1. The molecular formula is C26H41N3O2.